The summed E-state index contributed by atoms with van der Waals surface area (Å²) in [6.07, 6.45) is 6.80. The lowest BCUT2D eigenvalue weighted by atomic mass is 10.00. The van der Waals surface area contributed by atoms with Crippen LogP contribution in [0.15, 0.2) is 18.3 Å². The van der Waals surface area contributed by atoms with Gasteiger partial charge in [-0.25, -0.2) is 0 Å². The highest BCUT2D eigenvalue weighted by Gasteiger charge is 2.21. The normalized spacial score (nSPS) is 21.5. The van der Waals surface area contributed by atoms with E-state index in [1.54, 1.807) is 0 Å². The van der Waals surface area contributed by atoms with Crippen molar-refractivity contribution in [3.63, 3.8) is 0 Å². The third-order valence-corrected chi connectivity index (χ3v) is 3.88. The van der Waals surface area contributed by atoms with Crippen LogP contribution in [0.4, 0.5) is 5.69 Å². The van der Waals surface area contributed by atoms with Crippen LogP contribution in [0, 0.1) is 0 Å². The SMILES string of the molecule is CN1CCCCC1Cc1nnc2c(N)cccn12. The second-order valence-corrected chi connectivity index (χ2v) is 5.11. The molecule has 18 heavy (non-hydrogen) atoms. The maximum Gasteiger partial charge on any atom is 0.183 e. The van der Waals surface area contributed by atoms with Crippen LogP contribution in [-0.4, -0.2) is 39.1 Å². The number of fused-ring (bicyclic) bond motifs is 1. The molecule has 2 aromatic rings. The summed E-state index contributed by atoms with van der Waals surface area (Å²) in [6, 6.07) is 4.38. The molecule has 3 rings (SSSR count). The number of likely N-dealkylation sites (N-methyl/N-ethyl adjacent to an activating group) is 1. The van der Waals surface area contributed by atoms with Crippen LogP contribution in [0.2, 0.25) is 0 Å². The zero-order chi connectivity index (χ0) is 12.5. The van der Waals surface area contributed by atoms with E-state index in [0.29, 0.717) is 11.7 Å². The Bertz CT molecular complexity index is 547. The predicted octanol–water partition coefficient (Wildman–Crippen LogP) is 1.34. The second kappa shape index (κ2) is 4.57. The quantitative estimate of drug-likeness (QED) is 0.867. The van der Waals surface area contributed by atoms with E-state index in [-0.39, 0.29) is 0 Å². The number of hydrogen-bond acceptors (Lipinski definition) is 4. The molecule has 1 fully saturated rings. The summed E-state index contributed by atoms with van der Waals surface area (Å²) >= 11 is 0. The van der Waals surface area contributed by atoms with Crippen LogP contribution in [-0.2, 0) is 6.42 Å². The summed E-state index contributed by atoms with van der Waals surface area (Å²) in [5.74, 6) is 1.01. The van der Waals surface area contributed by atoms with Crippen molar-refractivity contribution < 1.29 is 0 Å². The fraction of sp³-hybridized carbons (Fsp3) is 0.538. The van der Waals surface area contributed by atoms with Gasteiger partial charge in [0, 0.05) is 18.7 Å². The number of hydrogen-bond donors (Lipinski definition) is 1. The molecule has 1 atom stereocenters. The number of nitrogens with zero attached hydrogens (tertiary/aromatic N) is 4. The van der Waals surface area contributed by atoms with E-state index >= 15 is 0 Å². The number of anilines is 1. The van der Waals surface area contributed by atoms with Crippen LogP contribution in [0.3, 0.4) is 0 Å². The van der Waals surface area contributed by atoms with Gasteiger partial charge in [-0.05, 0) is 38.6 Å². The van der Waals surface area contributed by atoms with Crippen LogP contribution in [0.5, 0.6) is 0 Å². The van der Waals surface area contributed by atoms with Crippen molar-refractivity contribution in [3.05, 3.63) is 24.2 Å². The highest BCUT2D eigenvalue weighted by molar-refractivity contribution is 5.63. The van der Waals surface area contributed by atoms with Gasteiger partial charge in [0.2, 0.25) is 0 Å². The van der Waals surface area contributed by atoms with Crippen molar-refractivity contribution in [2.75, 3.05) is 19.3 Å². The molecule has 2 N–H and O–H groups in total. The molecule has 5 nitrogen and oxygen atoms in total. The van der Waals surface area contributed by atoms with E-state index < -0.39 is 0 Å². The standard InChI is InChI=1S/C13H19N5/c1-17-7-3-2-5-10(17)9-12-15-16-13-11(14)6-4-8-18(12)13/h4,6,8,10H,2-3,5,7,9,14H2,1H3. The first-order valence-corrected chi connectivity index (χ1v) is 6.54. The third kappa shape index (κ3) is 1.95. The molecule has 5 heteroatoms. The minimum Gasteiger partial charge on any atom is -0.396 e. The molecular weight excluding hydrogens is 226 g/mol. The molecule has 2 aromatic heterocycles. The van der Waals surface area contributed by atoms with Crippen molar-refractivity contribution >= 4 is 11.3 Å². The Balaban J connectivity index is 1.88. The van der Waals surface area contributed by atoms with Gasteiger partial charge in [0.25, 0.3) is 0 Å². The fourth-order valence-electron chi connectivity index (χ4n) is 2.74. The topological polar surface area (TPSA) is 59.5 Å². The molecule has 0 saturated carbocycles. The first-order chi connectivity index (χ1) is 8.75. The Labute approximate surface area is 107 Å². The van der Waals surface area contributed by atoms with E-state index in [4.69, 9.17) is 5.73 Å². The summed E-state index contributed by atoms with van der Waals surface area (Å²) in [6.45, 7) is 1.18. The summed E-state index contributed by atoms with van der Waals surface area (Å²) in [5.41, 5.74) is 7.35. The summed E-state index contributed by atoms with van der Waals surface area (Å²) < 4.78 is 2.01. The van der Waals surface area contributed by atoms with Crippen molar-refractivity contribution in [1.29, 1.82) is 0 Å². The predicted molar refractivity (Wildman–Crippen MR) is 71.4 cm³/mol. The Hall–Kier alpha value is -1.62. The summed E-state index contributed by atoms with van der Waals surface area (Å²) in [7, 11) is 2.20. The molecule has 0 aromatic carbocycles. The van der Waals surface area contributed by atoms with Gasteiger partial charge in [-0.2, -0.15) is 0 Å². The zero-order valence-corrected chi connectivity index (χ0v) is 10.7. The van der Waals surface area contributed by atoms with Gasteiger partial charge < -0.3 is 10.6 Å². The van der Waals surface area contributed by atoms with Crippen molar-refractivity contribution in [2.45, 2.75) is 31.7 Å². The van der Waals surface area contributed by atoms with Crippen LogP contribution in [0.1, 0.15) is 25.1 Å². The van der Waals surface area contributed by atoms with Gasteiger partial charge in [0.1, 0.15) is 5.82 Å². The van der Waals surface area contributed by atoms with Crippen LogP contribution < -0.4 is 5.73 Å². The minimum absolute atomic E-state index is 0.576. The van der Waals surface area contributed by atoms with E-state index in [2.05, 4.69) is 22.1 Å². The molecular formula is C13H19N5. The van der Waals surface area contributed by atoms with Gasteiger partial charge >= 0.3 is 0 Å². The van der Waals surface area contributed by atoms with Crippen molar-refractivity contribution in [2.24, 2.45) is 0 Å². The van der Waals surface area contributed by atoms with Gasteiger partial charge in [-0.15, -0.1) is 10.2 Å². The molecule has 1 aliphatic rings. The average molecular weight is 245 g/mol. The molecule has 1 saturated heterocycles. The molecule has 0 bridgehead atoms. The Morgan fingerprint density at radius 1 is 1.39 bits per heavy atom. The number of piperidine rings is 1. The Morgan fingerprint density at radius 3 is 3.11 bits per heavy atom. The second-order valence-electron chi connectivity index (χ2n) is 5.11. The van der Waals surface area contributed by atoms with Crippen LogP contribution in [0.25, 0.3) is 5.65 Å². The summed E-state index contributed by atoms with van der Waals surface area (Å²) in [4.78, 5) is 2.43. The van der Waals surface area contributed by atoms with E-state index in [1.807, 2.05) is 22.7 Å². The largest absolute Gasteiger partial charge is 0.396 e. The maximum absolute atomic E-state index is 5.90. The third-order valence-electron chi connectivity index (χ3n) is 3.88. The van der Waals surface area contributed by atoms with Gasteiger partial charge in [0.15, 0.2) is 5.65 Å². The van der Waals surface area contributed by atoms with Crippen LogP contribution >= 0.6 is 0 Å². The molecule has 0 amide bonds. The molecule has 0 spiro atoms. The monoisotopic (exact) mass is 245 g/mol. The van der Waals surface area contributed by atoms with Gasteiger partial charge in [-0.3, -0.25) is 4.40 Å². The Kier molecular flexibility index (Phi) is 2.91. The Morgan fingerprint density at radius 2 is 2.28 bits per heavy atom. The molecule has 0 aliphatic carbocycles. The lowest BCUT2D eigenvalue weighted by molar-refractivity contribution is 0.182. The number of likely N-dealkylation sites (tertiary alicyclic amines) is 1. The zero-order valence-electron chi connectivity index (χ0n) is 10.7. The first kappa shape index (κ1) is 11.5. The summed E-state index contributed by atoms with van der Waals surface area (Å²) in [5, 5.41) is 8.47. The number of nitrogen functional groups attached to an aromatic ring is 1. The fourth-order valence-corrected chi connectivity index (χ4v) is 2.74. The number of pyridine rings is 1. The lowest BCUT2D eigenvalue weighted by Crippen LogP contribution is -2.38. The molecule has 3 heterocycles. The molecule has 1 aliphatic heterocycles. The van der Waals surface area contributed by atoms with Crippen molar-refractivity contribution in [3.8, 4) is 0 Å². The molecule has 0 radical (unpaired) electrons. The molecule has 96 valence electrons. The smallest absolute Gasteiger partial charge is 0.183 e. The number of aromatic nitrogens is 3. The van der Waals surface area contributed by atoms with E-state index in [9.17, 15) is 0 Å². The average Bonchev–Trinajstić information content (AvgIpc) is 2.77. The number of rotatable bonds is 2. The minimum atomic E-state index is 0.576. The van der Waals surface area contributed by atoms with Crippen molar-refractivity contribution in [1.82, 2.24) is 19.5 Å². The highest BCUT2D eigenvalue weighted by Crippen LogP contribution is 2.19. The highest BCUT2D eigenvalue weighted by atomic mass is 15.3. The van der Waals surface area contributed by atoms with E-state index in [0.717, 1.165) is 17.9 Å². The lowest BCUT2D eigenvalue weighted by Gasteiger charge is -2.31. The first-order valence-electron chi connectivity index (χ1n) is 6.54. The van der Waals surface area contributed by atoms with E-state index in [1.165, 1.54) is 25.8 Å². The van der Waals surface area contributed by atoms with Gasteiger partial charge in [0.05, 0.1) is 5.69 Å². The maximum atomic E-state index is 5.90. The number of nitrogens with two attached hydrogens (primary N) is 1. The van der Waals surface area contributed by atoms with Gasteiger partial charge in [-0.1, -0.05) is 6.42 Å². The molecule has 1 unspecified atom stereocenters.